The van der Waals surface area contributed by atoms with Crippen molar-refractivity contribution in [2.45, 2.75) is 6.30 Å². The summed E-state index contributed by atoms with van der Waals surface area (Å²) in [5.41, 5.74) is 0. The highest BCUT2D eigenvalue weighted by molar-refractivity contribution is 4.43. The fraction of sp³-hybridized carbons (Fsp3) is 0.250. The van der Waals surface area contributed by atoms with Gasteiger partial charge in [0.25, 0.3) is 6.33 Å². The summed E-state index contributed by atoms with van der Waals surface area (Å²) in [4.78, 5) is 6.37. The molecule has 3 nitrogen and oxygen atoms in total. The first-order valence-corrected chi connectivity index (χ1v) is 2.34. The molecule has 0 spiro atoms. The Bertz CT molecular complexity index is 207. The standard InChI is InChI=1S/C4H3F3N3/c5-4(6,7)10-2-8-1-9-3-10/h1-3H/q+1. The van der Waals surface area contributed by atoms with E-state index >= 15 is 0 Å². The van der Waals surface area contributed by atoms with E-state index in [1.165, 1.54) is 0 Å². The first-order valence-electron chi connectivity index (χ1n) is 2.34. The number of rotatable bonds is 0. The molecule has 0 fully saturated rings. The second kappa shape index (κ2) is 2.20. The average Bonchev–Trinajstić information content (AvgIpc) is 1.88. The lowest BCUT2D eigenvalue weighted by molar-refractivity contribution is -0.858. The zero-order chi connectivity index (χ0) is 7.61. The van der Waals surface area contributed by atoms with E-state index in [1.807, 2.05) is 0 Å². The van der Waals surface area contributed by atoms with Gasteiger partial charge >= 0.3 is 6.30 Å². The van der Waals surface area contributed by atoms with Gasteiger partial charge in [-0.2, -0.15) is 0 Å². The molecule has 0 N–H and O–H groups in total. The fourth-order valence-corrected chi connectivity index (χ4v) is 0.403. The Morgan fingerprint density at radius 2 is 1.60 bits per heavy atom. The molecular weight excluding hydrogens is 147 g/mol. The summed E-state index contributed by atoms with van der Waals surface area (Å²) < 4.78 is 35.0. The second-order valence-corrected chi connectivity index (χ2v) is 1.52. The van der Waals surface area contributed by atoms with Crippen LogP contribution in [0.25, 0.3) is 0 Å². The molecule has 0 atom stereocenters. The van der Waals surface area contributed by atoms with Crippen molar-refractivity contribution >= 4 is 0 Å². The van der Waals surface area contributed by atoms with Crippen molar-refractivity contribution < 1.29 is 17.7 Å². The van der Waals surface area contributed by atoms with Crippen molar-refractivity contribution in [3.05, 3.63) is 19.0 Å². The number of hydrogen-bond acceptors (Lipinski definition) is 2. The predicted octanol–water partition coefficient (Wildman–Crippen LogP) is 0.240. The molecule has 1 rings (SSSR count). The van der Waals surface area contributed by atoms with E-state index in [0.29, 0.717) is 12.7 Å². The van der Waals surface area contributed by atoms with Crippen molar-refractivity contribution in [2.24, 2.45) is 0 Å². The minimum absolute atomic E-state index is 0.0347. The van der Waals surface area contributed by atoms with E-state index in [0.717, 1.165) is 6.33 Å². The van der Waals surface area contributed by atoms with Crippen LogP contribution in [0, 0.1) is 0 Å². The normalized spacial score (nSPS) is 11.5. The van der Waals surface area contributed by atoms with Crippen molar-refractivity contribution in [1.29, 1.82) is 0 Å². The monoisotopic (exact) mass is 150 g/mol. The van der Waals surface area contributed by atoms with Crippen LogP contribution in [0.1, 0.15) is 0 Å². The van der Waals surface area contributed by atoms with Crippen molar-refractivity contribution in [3.63, 3.8) is 0 Å². The third kappa shape index (κ3) is 1.40. The SMILES string of the molecule is FC(F)(F)[n+]1cncnc1. The van der Waals surface area contributed by atoms with Gasteiger partial charge in [0, 0.05) is 0 Å². The second-order valence-electron chi connectivity index (χ2n) is 1.52. The molecule has 1 heterocycles. The zero-order valence-corrected chi connectivity index (χ0v) is 4.71. The molecular formula is C4H3F3N3+. The van der Waals surface area contributed by atoms with Crippen LogP contribution in [0.15, 0.2) is 19.0 Å². The number of nitrogens with zero attached hydrogens (tertiary/aromatic N) is 3. The highest BCUT2D eigenvalue weighted by Crippen LogP contribution is 2.11. The number of alkyl halides is 3. The van der Waals surface area contributed by atoms with Crippen LogP contribution in [0.5, 0.6) is 0 Å². The minimum atomic E-state index is -4.42. The van der Waals surface area contributed by atoms with Gasteiger partial charge in [-0.3, -0.25) is 0 Å². The van der Waals surface area contributed by atoms with E-state index in [1.54, 1.807) is 0 Å². The summed E-state index contributed by atoms with van der Waals surface area (Å²) in [6.45, 7) is 0. The highest BCUT2D eigenvalue weighted by Gasteiger charge is 2.34. The van der Waals surface area contributed by atoms with Crippen LogP contribution in [0.3, 0.4) is 0 Å². The molecule has 0 saturated carbocycles. The molecule has 0 aliphatic carbocycles. The van der Waals surface area contributed by atoms with Crippen molar-refractivity contribution in [3.8, 4) is 0 Å². The molecule has 0 aliphatic rings. The van der Waals surface area contributed by atoms with Crippen LogP contribution in [0.2, 0.25) is 0 Å². The Balaban J connectivity index is 2.97. The molecule has 0 bridgehead atoms. The van der Waals surface area contributed by atoms with Gasteiger partial charge in [0.15, 0.2) is 0 Å². The molecule has 0 aliphatic heterocycles. The molecule has 6 heteroatoms. The maximum atomic E-state index is 11.7. The lowest BCUT2D eigenvalue weighted by Crippen LogP contribution is -2.47. The Labute approximate surface area is 54.2 Å². The third-order valence-electron chi connectivity index (χ3n) is 0.808. The molecule has 1 aromatic rings. The lowest BCUT2D eigenvalue weighted by atomic mass is 10.9. The van der Waals surface area contributed by atoms with Crippen LogP contribution in [-0.2, 0) is 6.30 Å². The van der Waals surface area contributed by atoms with E-state index in [4.69, 9.17) is 0 Å². The van der Waals surface area contributed by atoms with Crippen LogP contribution < -0.4 is 4.57 Å². The van der Waals surface area contributed by atoms with E-state index in [-0.39, 0.29) is 4.57 Å². The Kier molecular flexibility index (Phi) is 1.52. The van der Waals surface area contributed by atoms with Crippen molar-refractivity contribution in [1.82, 2.24) is 9.97 Å². The van der Waals surface area contributed by atoms with Crippen LogP contribution in [0.4, 0.5) is 13.2 Å². The Morgan fingerprint density at radius 1 is 1.10 bits per heavy atom. The average molecular weight is 150 g/mol. The molecule has 0 radical (unpaired) electrons. The molecule has 0 amide bonds. The minimum Gasteiger partial charge on any atom is -0.145 e. The van der Waals surface area contributed by atoms with Gasteiger partial charge in [-0.05, 0) is 0 Å². The first kappa shape index (κ1) is 6.91. The number of hydrogen-bond donors (Lipinski definition) is 0. The van der Waals surface area contributed by atoms with Gasteiger partial charge in [-0.15, -0.1) is 17.7 Å². The van der Waals surface area contributed by atoms with Gasteiger partial charge in [0.05, 0.1) is 0 Å². The number of halogens is 3. The maximum Gasteiger partial charge on any atom is 0.543 e. The quantitative estimate of drug-likeness (QED) is 0.496. The topological polar surface area (TPSA) is 29.7 Å². The third-order valence-corrected chi connectivity index (χ3v) is 0.808. The first-order chi connectivity index (χ1) is 4.61. The summed E-state index contributed by atoms with van der Waals surface area (Å²) in [6.07, 6.45) is -2.09. The molecule has 1 aromatic heterocycles. The summed E-state index contributed by atoms with van der Waals surface area (Å²) in [6, 6.07) is 0. The molecule has 0 saturated heterocycles. The van der Waals surface area contributed by atoms with Gasteiger partial charge in [0.1, 0.15) is 0 Å². The van der Waals surface area contributed by atoms with E-state index in [9.17, 15) is 13.2 Å². The van der Waals surface area contributed by atoms with Gasteiger partial charge in [0.2, 0.25) is 12.7 Å². The molecule has 54 valence electrons. The predicted molar refractivity (Wildman–Crippen MR) is 23.5 cm³/mol. The maximum absolute atomic E-state index is 11.7. The molecule has 0 unspecified atom stereocenters. The fourth-order valence-electron chi connectivity index (χ4n) is 0.403. The van der Waals surface area contributed by atoms with Gasteiger partial charge < -0.3 is 0 Å². The largest absolute Gasteiger partial charge is 0.543 e. The zero-order valence-electron chi connectivity index (χ0n) is 4.71. The molecule has 10 heavy (non-hydrogen) atoms. The highest BCUT2D eigenvalue weighted by atomic mass is 19.4. The summed E-state index contributed by atoms with van der Waals surface area (Å²) in [5.74, 6) is 0. The van der Waals surface area contributed by atoms with Gasteiger partial charge in [-0.1, -0.05) is 9.97 Å². The summed E-state index contributed by atoms with van der Waals surface area (Å²) in [5, 5.41) is 0. The van der Waals surface area contributed by atoms with Gasteiger partial charge in [-0.25, -0.2) is 0 Å². The van der Waals surface area contributed by atoms with Crippen molar-refractivity contribution in [2.75, 3.05) is 0 Å². The Hall–Kier alpha value is -1.20. The summed E-state index contributed by atoms with van der Waals surface area (Å²) in [7, 11) is 0. The summed E-state index contributed by atoms with van der Waals surface area (Å²) >= 11 is 0. The lowest BCUT2D eigenvalue weighted by Gasteiger charge is -1.99. The number of aromatic nitrogens is 3. The van der Waals surface area contributed by atoms with E-state index in [2.05, 4.69) is 9.97 Å². The van der Waals surface area contributed by atoms with Crippen LogP contribution >= 0.6 is 0 Å². The smallest absolute Gasteiger partial charge is 0.145 e. The van der Waals surface area contributed by atoms with E-state index < -0.39 is 6.30 Å². The molecule has 0 aromatic carbocycles. The van der Waals surface area contributed by atoms with Crippen LogP contribution in [-0.4, -0.2) is 9.97 Å². The Morgan fingerprint density at radius 3 is 1.90 bits per heavy atom.